The molecule has 1 heterocycles. The van der Waals surface area contributed by atoms with Gasteiger partial charge in [0, 0.05) is 25.7 Å². The fourth-order valence-corrected chi connectivity index (χ4v) is 1.94. The molecule has 0 unspecified atom stereocenters. The predicted molar refractivity (Wildman–Crippen MR) is 82.2 cm³/mol. The molecule has 2 rings (SSSR count). The van der Waals surface area contributed by atoms with Crippen molar-refractivity contribution >= 4 is 17.5 Å². The van der Waals surface area contributed by atoms with Gasteiger partial charge < -0.3 is 10.2 Å². The van der Waals surface area contributed by atoms with E-state index in [1.165, 1.54) is 17.3 Å². The van der Waals surface area contributed by atoms with Crippen molar-refractivity contribution in [2.75, 3.05) is 18.5 Å². The Bertz CT molecular complexity index is 612. The van der Waals surface area contributed by atoms with Crippen molar-refractivity contribution < 1.29 is 9.59 Å². The lowest BCUT2D eigenvalue weighted by Gasteiger charge is -2.18. The number of para-hydroxylation sites is 1. The van der Waals surface area contributed by atoms with Gasteiger partial charge in [0.25, 0.3) is 0 Å². The van der Waals surface area contributed by atoms with Crippen molar-refractivity contribution in [3.8, 4) is 0 Å². The molecular formula is C15H19N5O2. The van der Waals surface area contributed by atoms with Crippen LogP contribution in [0.3, 0.4) is 0 Å². The first-order valence-corrected chi connectivity index (χ1v) is 7.03. The van der Waals surface area contributed by atoms with Gasteiger partial charge >= 0.3 is 0 Å². The van der Waals surface area contributed by atoms with Crippen LogP contribution in [-0.2, 0) is 9.59 Å². The largest absolute Gasteiger partial charge is 0.354 e. The van der Waals surface area contributed by atoms with Crippen LogP contribution in [0, 0.1) is 0 Å². The lowest BCUT2D eigenvalue weighted by atomic mass is 10.2. The second kappa shape index (κ2) is 7.35. The van der Waals surface area contributed by atoms with Crippen molar-refractivity contribution in [1.29, 1.82) is 0 Å². The standard InChI is InChI=1S/C15H19N5O2/c1-12(20-11-16-10-18-20)15(22)17-9-8-14(21)19(2)13-6-4-3-5-7-13/h3-7,10-12H,8-9H2,1-2H3,(H,17,22)/t12-/m0/s1. The maximum Gasteiger partial charge on any atom is 0.244 e. The summed E-state index contributed by atoms with van der Waals surface area (Å²) in [6.07, 6.45) is 3.10. The Morgan fingerprint density at radius 3 is 2.68 bits per heavy atom. The number of rotatable bonds is 6. The van der Waals surface area contributed by atoms with Gasteiger partial charge in [0.05, 0.1) is 0 Å². The number of carbonyl (C=O) groups excluding carboxylic acids is 2. The van der Waals surface area contributed by atoms with Crippen LogP contribution >= 0.6 is 0 Å². The molecule has 1 N–H and O–H groups in total. The molecule has 0 saturated carbocycles. The molecule has 2 aromatic rings. The zero-order chi connectivity index (χ0) is 15.9. The summed E-state index contributed by atoms with van der Waals surface area (Å²) in [5, 5.41) is 6.65. The zero-order valence-electron chi connectivity index (χ0n) is 12.6. The van der Waals surface area contributed by atoms with Crippen LogP contribution < -0.4 is 10.2 Å². The molecular weight excluding hydrogens is 282 g/mol. The lowest BCUT2D eigenvalue weighted by molar-refractivity contribution is -0.124. The summed E-state index contributed by atoms with van der Waals surface area (Å²) in [6.45, 7) is 2.01. The highest BCUT2D eigenvalue weighted by Crippen LogP contribution is 2.11. The van der Waals surface area contributed by atoms with E-state index < -0.39 is 6.04 Å². The number of nitrogens with zero attached hydrogens (tertiary/aromatic N) is 4. The maximum absolute atomic E-state index is 12.1. The van der Waals surface area contributed by atoms with Gasteiger partial charge in [0.2, 0.25) is 11.8 Å². The van der Waals surface area contributed by atoms with E-state index in [2.05, 4.69) is 15.4 Å². The van der Waals surface area contributed by atoms with Gasteiger partial charge in [-0.3, -0.25) is 9.59 Å². The minimum absolute atomic E-state index is 0.0556. The fraction of sp³-hybridized carbons (Fsp3) is 0.333. The van der Waals surface area contributed by atoms with E-state index in [4.69, 9.17) is 0 Å². The molecule has 7 heteroatoms. The first-order chi connectivity index (χ1) is 10.6. The summed E-state index contributed by atoms with van der Waals surface area (Å²) in [7, 11) is 1.72. The summed E-state index contributed by atoms with van der Waals surface area (Å²) in [5.74, 6) is -0.249. The van der Waals surface area contributed by atoms with Gasteiger partial charge in [-0.15, -0.1) is 0 Å². The van der Waals surface area contributed by atoms with Gasteiger partial charge in [-0.1, -0.05) is 18.2 Å². The molecule has 0 fully saturated rings. The number of benzene rings is 1. The quantitative estimate of drug-likeness (QED) is 0.863. The molecule has 0 aliphatic carbocycles. The van der Waals surface area contributed by atoms with E-state index in [0.717, 1.165) is 5.69 Å². The summed E-state index contributed by atoms with van der Waals surface area (Å²) >= 11 is 0. The summed E-state index contributed by atoms with van der Waals surface area (Å²) in [4.78, 5) is 29.4. The van der Waals surface area contributed by atoms with Gasteiger partial charge in [-0.2, -0.15) is 5.10 Å². The molecule has 0 aliphatic heterocycles. The molecule has 7 nitrogen and oxygen atoms in total. The summed E-state index contributed by atoms with van der Waals surface area (Å²) in [5.41, 5.74) is 0.829. The minimum Gasteiger partial charge on any atom is -0.354 e. The van der Waals surface area contributed by atoms with E-state index in [0.29, 0.717) is 0 Å². The lowest BCUT2D eigenvalue weighted by Crippen LogP contribution is -2.35. The van der Waals surface area contributed by atoms with E-state index in [-0.39, 0.29) is 24.8 Å². The second-order valence-corrected chi connectivity index (χ2v) is 4.88. The van der Waals surface area contributed by atoms with Crippen molar-refractivity contribution in [2.45, 2.75) is 19.4 Å². The third-order valence-corrected chi connectivity index (χ3v) is 3.37. The number of amides is 2. The Balaban J connectivity index is 1.78. The highest BCUT2D eigenvalue weighted by Gasteiger charge is 2.16. The van der Waals surface area contributed by atoms with Gasteiger partial charge in [-0.25, -0.2) is 9.67 Å². The molecule has 1 atom stereocenters. The van der Waals surface area contributed by atoms with Crippen LogP contribution in [0.4, 0.5) is 5.69 Å². The summed E-state index contributed by atoms with van der Waals surface area (Å²) in [6, 6.07) is 8.92. The van der Waals surface area contributed by atoms with Gasteiger partial charge in [0.1, 0.15) is 18.7 Å². The van der Waals surface area contributed by atoms with Crippen LogP contribution in [0.5, 0.6) is 0 Å². The number of aromatic nitrogens is 3. The van der Waals surface area contributed by atoms with E-state index in [9.17, 15) is 9.59 Å². The maximum atomic E-state index is 12.1. The van der Waals surface area contributed by atoms with Crippen molar-refractivity contribution in [3.63, 3.8) is 0 Å². The third kappa shape index (κ3) is 3.91. The topological polar surface area (TPSA) is 80.1 Å². The zero-order valence-corrected chi connectivity index (χ0v) is 12.6. The number of hydrogen-bond donors (Lipinski definition) is 1. The first-order valence-electron chi connectivity index (χ1n) is 7.03. The van der Waals surface area contributed by atoms with Gasteiger partial charge in [0.15, 0.2) is 0 Å². The van der Waals surface area contributed by atoms with E-state index in [1.54, 1.807) is 18.9 Å². The van der Waals surface area contributed by atoms with Crippen LogP contribution in [0.1, 0.15) is 19.4 Å². The number of anilines is 1. The molecule has 0 aliphatic rings. The molecule has 0 saturated heterocycles. The predicted octanol–water partition coefficient (Wildman–Crippen LogP) is 1.01. The normalized spacial score (nSPS) is 11.7. The SMILES string of the molecule is C[C@@H](C(=O)NCCC(=O)N(C)c1ccccc1)n1cncn1. The van der Waals surface area contributed by atoms with E-state index in [1.807, 2.05) is 30.3 Å². The molecule has 1 aromatic carbocycles. The third-order valence-electron chi connectivity index (χ3n) is 3.37. The van der Waals surface area contributed by atoms with Crippen molar-refractivity contribution in [2.24, 2.45) is 0 Å². The molecule has 2 amide bonds. The monoisotopic (exact) mass is 301 g/mol. The first kappa shape index (κ1) is 15.7. The second-order valence-electron chi connectivity index (χ2n) is 4.88. The smallest absolute Gasteiger partial charge is 0.244 e. The average molecular weight is 301 g/mol. The van der Waals surface area contributed by atoms with Crippen LogP contribution in [0.25, 0.3) is 0 Å². The Labute approximate surface area is 129 Å². The molecule has 22 heavy (non-hydrogen) atoms. The van der Waals surface area contributed by atoms with Crippen molar-refractivity contribution in [1.82, 2.24) is 20.1 Å². The van der Waals surface area contributed by atoms with Gasteiger partial charge in [-0.05, 0) is 19.1 Å². The van der Waals surface area contributed by atoms with Crippen molar-refractivity contribution in [3.05, 3.63) is 43.0 Å². The highest BCUT2D eigenvalue weighted by molar-refractivity contribution is 5.93. The molecule has 1 aromatic heterocycles. The Morgan fingerprint density at radius 1 is 1.32 bits per heavy atom. The minimum atomic E-state index is -0.454. The van der Waals surface area contributed by atoms with Crippen LogP contribution in [-0.4, -0.2) is 40.2 Å². The Kier molecular flexibility index (Phi) is 5.24. The molecule has 0 radical (unpaired) electrons. The molecule has 0 bridgehead atoms. The number of hydrogen-bond acceptors (Lipinski definition) is 4. The Morgan fingerprint density at radius 2 is 2.05 bits per heavy atom. The summed E-state index contributed by atoms with van der Waals surface area (Å²) < 4.78 is 1.47. The molecule has 116 valence electrons. The number of nitrogens with one attached hydrogen (secondary N) is 1. The fourth-order valence-electron chi connectivity index (χ4n) is 1.94. The van der Waals surface area contributed by atoms with Crippen LogP contribution in [0.15, 0.2) is 43.0 Å². The van der Waals surface area contributed by atoms with E-state index >= 15 is 0 Å². The molecule has 0 spiro atoms. The van der Waals surface area contributed by atoms with Crippen LogP contribution in [0.2, 0.25) is 0 Å². The average Bonchev–Trinajstić information content (AvgIpc) is 3.08. The Hall–Kier alpha value is -2.70. The highest BCUT2D eigenvalue weighted by atomic mass is 16.2. The number of carbonyl (C=O) groups is 2.